The molecule has 1 amide bonds. The highest BCUT2D eigenvalue weighted by Crippen LogP contribution is 2.23. The van der Waals surface area contributed by atoms with Gasteiger partial charge in [-0.3, -0.25) is 4.79 Å². The van der Waals surface area contributed by atoms with Crippen molar-refractivity contribution >= 4 is 28.7 Å². The van der Waals surface area contributed by atoms with Crippen LogP contribution in [0.1, 0.15) is 21.5 Å². The van der Waals surface area contributed by atoms with Gasteiger partial charge in [-0.05, 0) is 29.7 Å². The molecule has 2 heterocycles. The lowest BCUT2D eigenvalue weighted by atomic mass is 9.99. The van der Waals surface area contributed by atoms with E-state index in [9.17, 15) is 4.79 Å². The Hall–Kier alpha value is -2.27. The number of hydrogen-bond donors (Lipinski definition) is 0. The highest BCUT2D eigenvalue weighted by atomic mass is 32.1. The number of benzene rings is 2. The van der Waals surface area contributed by atoms with E-state index in [-0.39, 0.29) is 5.91 Å². The van der Waals surface area contributed by atoms with Gasteiger partial charge in [0.15, 0.2) is 0 Å². The van der Waals surface area contributed by atoms with Gasteiger partial charge in [0.25, 0.3) is 5.91 Å². The van der Waals surface area contributed by atoms with Gasteiger partial charge < -0.3 is 4.90 Å². The Morgan fingerprint density at radius 2 is 1.90 bits per heavy atom. The summed E-state index contributed by atoms with van der Waals surface area (Å²) in [5, 5.41) is 0. The quantitative estimate of drug-likeness (QED) is 0.693. The molecule has 0 saturated carbocycles. The fraction of sp³-hybridized carbons (Fsp3) is 0.188. The molecular weight excluding hydrogens is 282 g/mol. The van der Waals surface area contributed by atoms with E-state index in [1.807, 2.05) is 29.2 Å². The molecule has 0 N–H and O–H groups in total. The predicted octanol–water partition coefficient (Wildman–Crippen LogP) is 2.89. The number of carbonyl (C=O) groups excluding carboxylic acids is 1. The molecule has 0 atom stereocenters. The first-order valence-electron chi connectivity index (χ1n) is 6.90. The average Bonchev–Trinajstić information content (AvgIpc) is 3.02. The lowest BCUT2D eigenvalue weighted by molar-refractivity contribution is 0.0736. The fourth-order valence-electron chi connectivity index (χ4n) is 2.82. The van der Waals surface area contributed by atoms with Crippen LogP contribution in [-0.4, -0.2) is 26.1 Å². The highest BCUT2D eigenvalue weighted by molar-refractivity contribution is 7.00. The predicted molar refractivity (Wildman–Crippen MR) is 82.3 cm³/mol. The highest BCUT2D eigenvalue weighted by Gasteiger charge is 2.23. The Balaban J connectivity index is 1.69. The molecule has 1 aliphatic heterocycles. The normalized spacial score (nSPS) is 14.2. The third-order valence-corrected chi connectivity index (χ3v) is 4.48. The monoisotopic (exact) mass is 295 g/mol. The van der Waals surface area contributed by atoms with E-state index < -0.39 is 0 Å². The minimum Gasteiger partial charge on any atom is -0.334 e. The van der Waals surface area contributed by atoms with Gasteiger partial charge >= 0.3 is 0 Å². The van der Waals surface area contributed by atoms with E-state index >= 15 is 0 Å². The number of hydrogen-bond acceptors (Lipinski definition) is 4. The van der Waals surface area contributed by atoms with Crippen molar-refractivity contribution in [2.24, 2.45) is 0 Å². The molecule has 2 aromatic carbocycles. The van der Waals surface area contributed by atoms with Gasteiger partial charge in [0.1, 0.15) is 11.0 Å². The van der Waals surface area contributed by atoms with Gasteiger partial charge in [-0.1, -0.05) is 30.3 Å². The van der Waals surface area contributed by atoms with Crippen molar-refractivity contribution in [2.75, 3.05) is 6.54 Å². The molecular formula is C16H13N3OS. The zero-order chi connectivity index (χ0) is 14.2. The molecule has 0 fully saturated rings. The van der Waals surface area contributed by atoms with Gasteiger partial charge in [0.2, 0.25) is 0 Å². The van der Waals surface area contributed by atoms with Crippen LogP contribution in [0.4, 0.5) is 0 Å². The van der Waals surface area contributed by atoms with Gasteiger partial charge in [-0.15, -0.1) is 0 Å². The number of nitrogens with zero attached hydrogens (tertiary/aromatic N) is 3. The third-order valence-electron chi connectivity index (χ3n) is 3.93. The van der Waals surface area contributed by atoms with Crippen molar-refractivity contribution in [3.63, 3.8) is 0 Å². The van der Waals surface area contributed by atoms with Gasteiger partial charge in [0.05, 0.1) is 17.3 Å². The second-order valence-corrected chi connectivity index (χ2v) is 5.71. The first-order valence-corrected chi connectivity index (χ1v) is 7.63. The SMILES string of the molecule is O=C(c1cccc2nsnc12)N1CCc2ccccc2C1. The molecule has 4 rings (SSSR count). The standard InChI is InChI=1S/C16H13N3OS/c20-16(13-6-3-7-14-15(13)18-21-17-14)19-9-8-11-4-1-2-5-12(11)10-19/h1-7H,8-10H2. The van der Waals surface area contributed by atoms with Crippen molar-refractivity contribution in [2.45, 2.75) is 13.0 Å². The second-order valence-electron chi connectivity index (χ2n) is 5.18. The fourth-order valence-corrected chi connectivity index (χ4v) is 3.37. The summed E-state index contributed by atoms with van der Waals surface area (Å²) in [5.41, 5.74) is 4.74. The molecule has 1 aromatic heterocycles. The molecule has 0 spiro atoms. The molecule has 5 heteroatoms. The summed E-state index contributed by atoms with van der Waals surface area (Å²) in [6.07, 6.45) is 0.910. The third kappa shape index (κ3) is 2.10. The summed E-state index contributed by atoms with van der Waals surface area (Å²) in [6, 6.07) is 13.9. The maximum atomic E-state index is 12.8. The van der Waals surface area contributed by atoms with Crippen LogP contribution in [0, 0.1) is 0 Å². The molecule has 21 heavy (non-hydrogen) atoms. The molecule has 104 valence electrons. The van der Waals surface area contributed by atoms with Gasteiger partial charge in [-0.25, -0.2) is 0 Å². The largest absolute Gasteiger partial charge is 0.334 e. The minimum atomic E-state index is 0.0443. The lowest BCUT2D eigenvalue weighted by Gasteiger charge is -2.29. The smallest absolute Gasteiger partial charge is 0.256 e. The molecule has 0 unspecified atom stereocenters. The Morgan fingerprint density at radius 3 is 2.81 bits per heavy atom. The van der Waals surface area contributed by atoms with Crippen molar-refractivity contribution in [1.29, 1.82) is 0 Å². The lowest BCUT2D eigenvalue weighted by Crippen LogP contribution is -2.36. The van der Waals surface area contributed by atoms with E-state index in [4.69, 9.17) is 0 Å². The maximum absolute atomic E-state index is 12.8. The number of carbonyl (C=O) groups is 1. The first kappa shape index (κ1) is 12.5. The van der Waals surface area contributed by atoms with Gasteiger partial charge in [-0.2, -0.15) is 8.75 Å². The van der Waals surface area contributed by atoms with E-state index in [1.165, 1.54) is 11.1 Å². The molecule has 0 saturated heterocycles. The van der Waals surface area contributed by atoms with Crippen LogP contribution in [0.2, 0.25) is 0 Å². The van der Waals surface area contributed by atoms with Crippen molar-refractivity contribution in [1.82, 2.24) is 13.6 Å². The van der Waals surface area contributed by atoms with Crippen LogP contribution in [-0.2, 0) is 13.0 Å². The average molecular weight is 295 g/mol. The van der Waals surface area contributed by atoms with E-state index in [1.54, 1.807) is 0 Å². The molecule has 0 radical (unpaired) electrons. The zero-order valence-electron chi connectivity index (χ0n) is 11.3. The number of fused-ring (bicyclic) bond motifs is 2. The van der Waals surface area contributed by atoms with E-state index in [0.29, 0.717) is 17.6 Å². The minimum absolute atomic E-state index is 0.0443. The summed E-state index contributed by atoms with van der Waals surface area (Å²) >= 11 is 1.15. The maximum Gasteiger partial charge on any atom is 0.256 e. The first-order chi connectivity index (χ1) is 10.3. The van der Waals surface area contributed by atoms with Crippen LogP contribution in [0.15, 0.2) is 42.5 Å². The van der Waals surface area contributed by atoms with Crippen molar-refractivity contribution in [3.8, 4) is 0 Å². The molecule has 1 aliphatic rings. The van der Waals surface area contributed by atoms with Crippen LogP contribution in [0.3, 0.4) is 0 Å². The topological polar surface area (TPSA) is 46.1 Å². The molecule has 4 nitrogen and oxygen atoms in total. The van der Waals surface area contributed by atoms with Crippen LogP contribution >= 0.6 is 11.7 Å². The molecule has 3 aromatic rings. The van der Waals surface area contributed by atoms with Crippen LogP contribution in [0.5, 0.6) is 0 Å². The second kappa shape index (κ2) is 4.93. The van der Waals surface area contributed by atoms with Crippen molar-refractivity contribution in [3.05, 3.63) is 59.2 Å². The molecule has 0 aliphatic carbocycles. The Morgan fingerprint density at radius 1 is 1.05 bits per heavy atom. The number of aromatic nitrogens is 2. The summed E-state index contributed by atoms with van der Waals surface area (Å²) in [5.74, 6) is 0.0443. The Kier molecular flexibility index (Phi) is 2.93. The van der Waals surface area contributed by atoms with Crippen LogP contribution in [0.25, 0.3) is 11.0 Å². The summed E-state index contributed by atoms with van der Waals surface area (Å²) in [6.45, 7) is 1.42. The summed E-state index contributed by atoms with van der Waals surface area (Å²) in [4.78, 5) is 14.7. The van der Waals surface area contributed by atoms with E-state index in [0.717, 1.165) is 30.2 Å². The van der Waals surface area contributed by atoms with E-state index in [2.05, 4.69) is 26.9 Å². The Bertz CT molecular complexity index is 827. The zero-order valence-corrected chi connectivity index (χ0v) is 12.1. The number of amides is 1. The number of rotatable bonds is 1. The summed E-state index contributed by atoms with van der Waals surface area (Å²) < 4.78 is 8.46. The Labute approximate surface area is 126 Å². The molecule has 0 bridgehead atoms. The van der Waals surface area contributed by atoms with Crippen molar-refractivity contribution < 1.29 is 4.79 Å². The summed E-state index contributed by atoms with van der Waals surface area (Å²) in [7, 11) is 0. The van der Waals surface area contributed by atoms with Gasteiger partial charge in [0, 0.05) is 13.1 Å². The van der Waals surface area contributed by atoms with Crippen LogP contribution < -0.4 is 0 Å².